The predicted molar refractivity (Wildman–Crippen MR) is 124 cm³/mol. The zero-order valence-corrected chi connectivity index (χ0v) is 20.5. The second kappa shape index (κ2) is 10.5. The lowest BCUT2D eigenvalue weighted by atomic mass is 9.76. The molecule has 4 rings (SSSR count). The standard InChI is InChI=1S/C23H24F6N6O4/c1-12(32-15-10-31-34-19(37)17(15)23(27,28)29)11-39-7-2-16(36)35-5-3-21(4-6-35)18-14(33-20(21)38)8-13(9-30-18)22(24,25)26/h8-10,12H,2-7,11H2,1H3,(H,33,38)(H2,32,34,37)/t12-/m0/s1. The van der Waals surface area contributed by atoms with Crippen LogP contribution in [-0.4, -0.2) is 64.2 Å². The zero-order valence-electron chi connectivity index (χ0n) is 20.5. The van der Waals surface area contributed by atoms with Gasteiger partial charge >= 0.3 is 12.4 Å². The topological polar surface area (TPSA) is 129 Å². The molecule has 2 aromatic heterocycles. The van der Waals surface area contributed by atoms with E-state index in [4.69, 9.17) is 4.74 Å². The van der Waals surface area contributed by atoms with Gasteiger partial charge in [0.2, 0.25) is 11.8 Å². The molecule has 0 radical (unpaired) electrons. The van der Waals surface area contributed by atoms with Crippen LogP contribution in [0.3, 0.4) is 0 Å². The number of carbonyl (C=O) groups excluding carboxylic acids is 2. The van der Waals surface area contributed by atoms with Crippen LogP contribution in [0.25, 0.3) is 0 Å². The van der Waals surface area contributed by atoms with Crippen LogP contribution < -0.4 is 16.2 Å². The molecule has 2 amide bonds. The Hall–Kier alpha value is -3.69. The number of aromatic nitrogens is 3. The van der Waals surface area contributed by atoms with Gasteiger partial charge in [-0.15, -0.1) is 0 Å². The lowest BCUT2D eigenvalue weighted by Crippen LogP contribution is -2.48. The molecule has 1 fully saturated rings. The summed E-state index contributed by atoms with van der Waals surface area (Å²) in [5, 5.41) is 10.1. The number of carbonyl (C=O) groups is 2. The number of alkyl halides is 6. The van der Waals surface area contributed by atoms with Gasteiger partial charge in [-0.2, -0.15) is 31.4 Å². The number of piperidine rings is 1. The molecule has 212 valence electrons. The first kappa shape index (κ1) is 28.3. The number of aromatic amines is 1. The first-order valence-electron chi connectivity index (χ1n) is 11.9. The van der Waals surface area contributed by atoms with Crippen LogP contribution in [-0.2, 0) is 32.1 Å². The SMILES string of the molecule is C[C@@H](COCCC(=O)N1CCC2(CC1)C(=O)Nc1cc(C(F)(F)F)cnc12)Nc1cn[nH]c(=O)c1C(F)(F)F. The summed E-state index contributed by atoms with van der Waals surface area (Å²) in [7, 11) is 0. The third-order valence-electron chi connectivity index (χ3n) is 6.69. The Morgan fingerprint density at radius 1 is 1.15 bits per heavy atom. The first-order chi connectivity index (χ1) is 18.2. The van der Waals surface area contributed by atoms with E-state index in [1.807, 2.05) is 0 Å². The van der Waals surface area contributed by atoms with Crippen LogP contribution in [0.5, 0.6) is 0 Å². The number of halogens is 6. The van der Waals surface area contributed by atoms with Crippen molar-refractivity contribution in [2.24, 2.45) is 0 Å². The molecule has 10 nitrogen and oxygen atoms in total. The maximum absolute atomic E-state index is 13.2. The van der Waals surface area contributed by atoms with Gasteiger partial charge in [-0.25, -0.2) is 5.10 Å². The molecule has 1 atom stereocenters. The molecule has 1 spiro atoms. The quantitative estimate of drug-likeness (QED) is 0.350. The third-order valence-corrected chi connectivity index (χ3v) is 6.69. The molecular weight excluding hydrogens is 538 g/mol. The van der Waals surface area contributed by atoms with E-state index in [2.05, 4.69) is 20.7 Å². The van der Waals surface area contributed by atoms with Crippen molar-refractivity contribution in [2.75, 3.05) is 36.9 Å². The highest BCUT2D eigenvalue weighted by molar-refractivity contribution is 6.05. The molecule has 0 aromatic carbocycles. The number of ether oxygens (including phenoxy) is 1. The second-order valence-corrected chi connectivity index (χ2v) is 9.39. The number of rotatable bonds is 7. The number of H-pyrrole nitrogens is 1. The van der Waals surface area contributed by atoms with Crippen LogP contribution in [0.1, 0.15) is 43.0 Å². The first-order valence-corrected chi connectivity index (χ1v) is 11.9. The fourth-order valence-electron chi connectivity index (χ4n) is 4.72. The molecule has 0 unspecified atom stereocenters. The largest absolute Gasteiger partial charge is 0.423 e. The van der Waals surface area contributed by atoms with E-state index in [1.165, 1.54) is 11.8 Å². The van der Waals surface area contributed by atoms with Gasteiger partial charge in [-0.05, 0) is 25.8 Å². The molecule has 0 aliphatic carbocycles. The average molecular weight is 562 g/mol. The van der Waals surface area contributed by atoms with Gasteiger partial charge < -0.3 is 20.3 Å². The van der Waals surface area contributed by atoms with Crippen molar-refractivity contribution in [3.05, 3.63) is 45.6 Å². The van der Waals surface area contributed by atoms with Crippen molar-refractivity contribution < 1.29 is 40.7 Å². The van der Waals surface area contributed by atoms with E-state index in [9.17, 15) is 40.7 Å². The number of pyridine rings is 1. The van der Waals surface area contributed by atoms with Gasteiger partial charge in [0.15, 0.2) is 0 Å². The molecule has 4 heterocycles. The third kappa shape index (κ3) is 5.84. The van der Waals surface area contributed by atoms with Gasteiger partial charge in [-0.3, -0.25) is 19.4 Å². The van der Waals surface area contributed by atoms with Crippen molar-refractivity contribution >= 4 is 23.2 Å². The number of amides is 2. The maximum Gasteiger partial charge on any atom is 0.423 e. The summed E-state index contributed by atoms with van der Waals surface area (Å²) in [5.41, 5.74) is -5.11. The average Bonchev–Trinajstić information content (AvgIpc) is 3.11. The lowest BCUT2D eigenvalue weighted by Gasteiger charge is -2.37. The Labute approximate surface area is 217 Å². The van der Waals surface area contributed by atoms with E-state index in [0.717, 1.165) is 12.3 Å². The van der Waals surface area contributed by atoms with E-state index >= 15 is 0 Å². The summed E-state index contributed by atoms with van der Waals surface area (Å²) >= 11 is 0. The minimum absolute atomic E-state index is 0.0176. The fraction of sp³-hybridized carbons (Fsp3) is 0.522. The Kier molecular flexibility index (Phi) is 7.60. The van der Waals surface area contributed by atoms with Crippen molar-refractivity contribution in [3.8, 4) is 0 Å². The lowest BCUT2D eigenvalue weighted by molar-refractivity contribution is -0.138. The molecule has 2 aliphatic rings. The Bertz CT molecular complexity index is 1300. The molecule has 2 aliphatic heterocycles. The summed E-state index contributed by atoms with van der Waals surface area (Å²) in [5.74, 6) is -0.729. The van der Waals surface area contributed by atoms with Crippen molar-refractivity contribution in [1.82, 2.24) is 20.1 Å². The van der Waals surface area contributed by atoms with Gasteiger partial charge in [0.1, 0.15) is 5.56 Å². The molecule has 0 bridgehead atoms. The molecule has 3 N–H and O–H groups in total. The number of nitrogens with zero attached hydrogens (tertiary/aromatic N) is 3. The zero-order chi connectivity index (χ0) is 28.6. The van der Waals surface area contributed by atoms with Gasteiger partial charge in [0.25, 0.3) is 5.56 Å². The van der Waals surface area contributed by atoms with E-state index in [0.29, 0.717) is 6.20 Å². The highest BCUT2D eigenvalue weighted by atomic mass is 19.4. The van der Waals surface area contributed by atoms with E-state index < -0.39 is 52.1 Å². The van der Waals surface area contributed by atoms with Crippen LogP contribution in [0, 0.1) is 0 Å². The number of anilines is 2. The molecule has 1 saturated heterocycles. The summed E-state index contributed by atoms with van der Waals surface area (Å²) in [4.78, 5) is 42.3. The predicted octanol–water partition coefficient (Wildman–Crippen LogP) is 2.92. The fourth-order valence-corrected chi connectivity index (χ4v) is 4.72. The van der Waals surface area contributed by atoms with Crippen molar-refractivity contribution in [2.45, 2.75) is 50.0 Å². The normalized spacial score (nSPS) is 17.6. The van der Waals surface area contributed by atoms with Gasteiger partial charge in [0, 0.05) is 25.3 Å². The Morgan fingerprint density at radius 2 is 1.85 bits per heavy atom. The minimum atomic E-state index is -4.89. The summed E-state index contributed by atoms with van der Waals surface area (Å²) < 4.78 is 83.9. The number of hydrogen-bond donors (Lipinski definition) is 3. The highest BCUT2D eigenvalue weighted by Crippen LogP contribution is 2.45. The number of hydrogen-bond acceptors (Lipinski definition) is 7. The molecule has 2 aromatic rings. The van der Waals surface area contributed by atoms with Crippen molar-refractivity contribution in [1.29, 1.82) is 0 Å². The van der Waals surface area contributed by atoms with E-state index in [-0.39, 0.29) is 62.9 Å². The Morgan fingerprint density at radius 3 is 2.49 bits per heavy atom. The second-order valence-electron chi connectivity index (χ2n) is 9.39. The van der Waals surface area contributed by atoms with Crippen LogP contribution in [0.2, 0.25) is 0 Å². The van der Waals surface area contributed by atoms with E-state index in [1.54, 1.807) is 5.10 Å². The summed E-state index contributed by atoms with van der Waals surface area (Å²) in [6.45, 7) is 1.80. The van der Waals surface area contributed by atoms with Gasteiger partial charge in [-0.1, -0.05) is 0 Å². The smallest absolute Gasteiger partial charge is 0.379 e. The number of nitrogens with one attached hydrogen (secondary N) is 3. The van der Waals surface area contributed by atoms with Crippen LogP contribution in [0.15, 0.2) is 23.3 Å². The number of likely N-dealkylation sites (tertiary alicyclic amines) is 1. The maximum atomic E-state index is 13.2. The molecule has 16 heteroatoms. The molecule has 39 heavy (non-hydrogen) atoms. The summed E-state index contributed by atoms with van der Waals surface area (Å²) in [6, 6.07) is 0.210. The molecular formula is C23H24F6N6O4. The Balaban J connectivity index is 1.26. The van der Waals surface area contributed by atoms with Gasteiger partial charge in [0.05, 0.1) is 53.9 Å². The minimum Gasteiger partial charge on any atom is -0.379 e. The monoisotopic (exact) mass is 562 g/mol. The highest BCUT2D eigenvalue weighted by Gasteiger charge is 2.51. The van der Waals surface area contributed by atoms with Crippen LogP contribution in [0.4, 0.5) is 37.7 Å². The van der Waals surface area contributed by atoms with Crippen LogP contribution >= 0.6 is 0 Å². The summed E-state index contributed by atoms with van der Waals surface area (Å²) in [6.07, 6.45) is -7.60. The molecule has 0 saturated carbocycles. The van der Waals surface area contributed by atoms with Crippen molar-refractivity contribution in [3.63, 3.8) is 0 Å². The number of fused-ring (bicyclic) bond motifs is 2.